The number of carbonyl (C=O) groups excluding carboxylic acids is 1. The van der Waals surface area contributed by atoms with Gasteiger partial charge in [0.2, 0.25) is 5.95 Å². The molecule has 0 saturated carbocycles. The summed E-state index contributed by atoms with van der Waals surface area (Å²) in [5.41, 5.74) is 4.86. The van der Waals surface area contributed by atoms with Crippen LogP contribution in [-0.4, -0.2) is 61.5 Å². The number of benzene rings is 2. The smallest absolute Gasteiger partial charge is 0.329 e. The van der Waals surface area contributed by atoms with Gasteiger partial charge in [0.15, 0.2) is 0 Å². The van der Waals surface area contributed by atoms with Crippen molar-refractivity contribution in [1.29, 1.82) is 5.26 Å². The number of aliphatic hydroxyl groups is 1. The van der Waals surface area contributed by atoms with Crippen LogP contribution in [0.2, 0.25) is 5.02 Å². The molecule has 11 heteroatoms. The first-order valence-corrected chi connectivity index (χ1v) is 13.2. The summed E-state index contributed by atoms with van der Waals surface area (Å²) in [6.07, 6.45) is 3.51. The Balaban J connectivity index is 1.46. The van der Waals surface area contributed by atoms with Crippen molar-refractivity contribution in [3.05, 3.63) is 52.7 Å². The number of ether oxygens (including phenoxy) is 1. The molecule has 3 aromatic rings. The molecular formula is C28H29BClN6O3. The normalized spacial score (nSPS) is 16.4. The zero-order valence-corrected chi connectivity index (χ0v) is 22.9. The number of piperidine rings is 1. The van der Waals surface area contributed by atoms with Gasteiger partial charge in [0, 0.05) is 48.6 Å². The molecule has 5 rings (SSSR count). The Morgan fingerprint density at radius 2 is 2.05 bits per heavy atom. The molecule has 9 nitrogen and oxygen atoms in total. The van der Waals surface area contributed by atoms with E-state index in [1.165, 1.54) is 7.41 Å². The van der Waals surface area contributed by atoms with Crippen LogP contribution in [0, 0.1) is 11.3 Å². The highest BCUT2D eigenvalue weighted by molar-refractivity contribution is 6.70. The number of anilines is 4. The Morgan fingerprint density at radius 1 is 1.28 bits per heavy atom. The first-order valence-electron chi connectivity index (χ1n) is 12.8. The molecule has 1 saturated heterocycles. The highest BCUT2D eigenvalue weighted by atomic mass is 35.5. The molecule has 2 aliphatic rings. The molecule has 0 aliphatic carbocycles. The fourth-order valence-electron chi connectivity index (χ4n) is 5.34. The van der Waals surface area contributed by atoms with Crippen LogP contribution in [0.1, 0.15) is 37.8 Å². The number of rotatable bonds is 7. The van der Waals surface area contributed by atoms with Gasteiger partial charge >= 0.3 is 7.41 Å². The van der Waals surface area contributed by atoms with Gasteiger partial charge in [-0.25, -0.2) is 9.97 Å². The lowest BCUT2D eigenvalue weighted by Gasteiger charge is -2.32. The second-order valence-corrected chi connectivity index (χ2v) is 10.8. The van der Waals surface area contributed by atoms with E-state index in [9.17, 15) is 15.2 Å². The third-order valence-electron chi connectivity index (χ3n) is 7.33. The first-order chi connectivity index (χ1) is 18.7. The van der Waals surface area contributed by atoms with Crippen LogP contribution in [0.3, 0.4) is 0 Å². The summed E-state index contributed by atoms with van der Waals surface area (Å²) in [5.74, 6) is 0.942. The molecule has 0 unspecified atom stereocenters. The van der Waals surface area contributed by atoms with E-state index in [0.717, 1.165) is 41.8 Å². The molecule has 0 amide bonds. The summed E-state index contributed by atoms with van der Waals surface area (Å²) in [7, 11) is 3.07. The van der Waals surface area contributed by atoms with Gasteiger partial charge in [-0.1, -0.05) is 25.4 Å². The molecular weight excluding hydrogens is 515 g/mol. The van der Waals surface area contributed by atoms with E-state index in [2.05, 4.69) is 35.1 Å². The third-order valence-corrected chi connectivity index (χ3v) is 7.63. The van der Waals surface area contributed by atoms with Crippen molar-refractivity contribution in [2.45, 2.75) is 38.2 Å². The van der Waals surface area contributed by atoms with E-state index in [1.807, 2.05) is 16.9 Å². The van der Waals surface area contributed by atoms with Crippen molar-refractivity contribution in [3.8, 4) is 23.1 Å². The highest BCUT2D eigenvalue weighted by Crippen LogP contribution is 2.44. The van der Waals surface area contributed by atoms with Crippen molar-refractivity contribution < 1.29 is 14.6 Å². The number of nitrogens with one attached hydrogen (secondary N) is 1. The van der Waals surface area contributed by atoms with E-state index in [0.29, 0.717) is 53.1 Å². The molecule has 199 valence electrons. The van der Waals surface area contributed by atoms with Crippen LogP contribution < -0.4 is 19.8 Å². The molecule has 0 spiro atoms. The molecule has 3 heterocycles. The zero-order valence-electron chi connectivity index (χ0n) is 22.1. The average molecular weight is 544 g/mol. The lowest BCUT2D eigenvalue weighted by molar-refractivity contribution is 0.145. The highest BCUT2D eigenvalue weighted by Gasteiger charge is 2.37. The summed E-state index contributed by atoms with van der Waals surface area (Å²) in [5, 5.41) is 23.6. The van der Waals surface area contributed by atoms with Crippen LogP contribution in [0.25, 0.3) is 11.3 Å². The molecule has 1 radical (unpaired) electrons. The number of hydrogen-bond acceptors (Lipinski definition) is 9. The second kappa shape index (κ2) is 10.8. The SMILES string of the molecule is COc1cc(N2CCC(O)CC2)c(Cl)cc1Nc1nccc(-c2cc(C#N)c3c(c2)C(C)(C)CN3[B]C=O)n1. The van der Waals surface area contributed by atoms with Crippen molar-refractivity contribution in [3.63, 3.8) is 0 Å². The van der Waals surface area contributed by atoms with Crippen molar-refractivity contribution in [2.24, 2.45) is 0 Å². The number of nitrogens with zero attached hydrogens (tertiary/aromatic N) is 5. The minimum absolute atomic E-state index is 0.261. The maximum Gasteiger partial charge on any atom is 0.329 e. The van der Waals surface area contributed by atoms with E-state index >= 15 is 0 Å². The Morgan fingerprint density at radius 3 is 2.74 bits per heavy atom. The van der Waals surface area contributed by atoms with Gasteiger partial charge < -0.3 is 29.7 Å². The van der Waals surface area contributed by atoms with Gasteiger partial charge in [-0.05, 0) is 42.7 Å². The van der Waals surface area contributed by atoms with E-state index < -0.39 is 0 Å². The monoisotopic (exact) mass is 543 g/mol. The largest absolute Gasteiger partial charge is 0.494 e. The van der Waals surface area contributed by atoms with E-state index in [-0.39, 0.29) is 11.5 Å². The maximum atomic E-state index is 11.2. The predicted molar refractivity (Wildman–Crippen MR) is 154 cm³/mol. The van der Waals surface area contributed by atoms with Gasteiger partial charge in [-0.3, -0.25) is 0 Å². The van der Waals surface area contributed by atoms with Gasteiger partial charge in [0.1, 0.15) is 18.0 Å². The lowest BCUT2D eigenvalue weighted by Crippen LogP contribution is -2.35. The molecule has 39 heavy (non-hydrogen) atoms. The number of fused-ring (bicyclic) bond motifs is 1. The van der Waals surface area contributed by atoms with Crippen LogP contribution in [0.5, 0.6) is 5.75 Å². The Labute approximate surface area is 233 Å². The van der Waals surface area contributed by atoms with Crippen molar-refractivity contribution in [2.75, 3.05) is 41.8 Å². The van der Waals surface area contributed by atoms with Crippen molar-refractivity contribution >= 4 is 48.2 Å². The van der Waals surface area contributed by atoms with Crippen molar-refractivity contribution in [1.82, 2.24) is 9.97 Å². The molecule has 0 atom stereocenters. The van der Waals surface area contributed by atoms with Crippen LogP contribution in [-0.2, 0) is 10.2 Å². The molecule has 0 bridgehead atoms. The average Bonchev–Trinajstić information content (AvgIpc) is 3.18. The fourth-order valence-corrected chi connectivity index (χ4v) is 5.63. The number of aromatic nitrogens is 2. The molecule has 1 aromatic heterocycles. The number of aliphatic hydroxyl groups excluding tert-OH is 1. The fraction of sp³-hybridized carbons (Fsp3) is 0.357. The quantitative estimate of drug-likeness (QED) is 0.333. The topological polar surface area (TPSA) is 115 Å². The van der Waals surface area contributed by atoms with Crippen LogP contribution in [0.15, 0.2) is 36.5 Å². The minimum atomic E-state index is -0.276. The van der Waals surface area contributed by atoms with Gasteiger partial charge in [-0.2, -0.15) is 5.26 Å². The van der Waals surface area contributed by atoms with Gasteiger partial charge in [0.05, 0.1) is 40.9 Å². The summed E-state index contributed by atoms with van der Waals surface area (Å²) >= 11 is 6.67. The van der Waals surface area contributed by atoms with Crippen LogP contribution in [0.4, 0.5) is 23.0 Å². The van der Waals surface area contributed by atoms with E-state index in [4.69, 9.17) is 21.3 Å². The summed E-state index contributed by atoms with van der Waals surface area (Å²) < 4.78 is 5.65. The molecule has 2 aromatic carbocycles. The second-order valence-electron chi connectivity index (χ2n) is 10.4. The Bertz CT molecular complexity index is 1450. The molecule has 1 fully saturated rings. The Hall–Kier alpha value is -3.81. The number of methoxy groups -OCH3 is 1. The lowest BCUT2D eigenvalue weighted by atomic mass is 9.84. The Kier molecular flexibility index (Phi) is 7.39. The molecule has 2 N–H and O–H groups in total. The minimum Gasteiger partial charge on any atom is -0.494 e. The van der Waals surface area contributed by atoms with Gasteiger partial charge in [0.25, 0.3) is 0 Å². The predicted octanol–water partition coefficient (Wildman–Crippen LogP) is 4.29. The third kappa shape index (κ3) is 5.25. The number of carbonyl (C=O) groups is 1. The summed E-state index contributed by atoms with van der Waals surface area (Å²) in [4.78, 5) is 24.3. The zero-order chi connectivity index (χ0) is 27.7. The maximum absolute atomic E-state index is 11.2. The number of hydrogen-bond donors (Lipinski definition) is 2. The summed E-state index contributed by atoms with van der Waals surface area (Å²) in [6.45, 7) is 6.22. The first kappa shape index (κ1) is 26.8. The number of halogens is 1. The summed E-state index contributed by atoms with van der Waals surface area (Å²) in [6, 6.07) is 11.6. The van der Waals surface area contributed by atoms with Crippen LogP contribution >= 0.6 is 11.6 Å². The van der Waals surface area contributed by atoms with Gasteiger partial charge in [-0.15, -0.1) is 0 Å². The standard InChI is InChI=1S/C28H29BClN6O3/c1-28(2)15-36(29-16-37)26-18(14-31)10-17(11-20(26)28)22-4-7-32-27(33-22)34-23-12-21(30)24(13-25(23)39-3)35-8-5-19(38)6-9-35/h4,7,10-13,16,19,38H,5-6,8-9,15H2,1-3H3,(H,32,33,34). The number of nitriles is 1. The molecule has 2 aliphatic heterocycles. The van der Waals surface area contributed by atoms with E-state index in [1.54, 1.807) is 31.5 Å².